The fraction of sp³-hybridized carbons (Fsp3) is 0.267. The monoisotopic (exact) mass is 277 g/mol. The van der Waals surface area contributed by atoms with Crippen LogP contribution in [-0.2, 0) is 11.2 Å². The van der Waals surface area contributed by atoms with Crippen molar-refractivity contribution in [1.29, 1.82) is 0 Å². The molecule has 100 valence electrons. The first-order chi connectivity index (χ1) is 9.18. The second-order valence-corrected chi connectivity index (χ2v) is 4.36. The van der Waals surface area contributed by atoms with Gasteiger partial charge in [-0.2, -0.15) is 0 Å². The van der Waals surface area contributed by atoms with Gasteiger partial charge in [-0.3, -0.25) is 4.79 Å². The van der Waals surface area contributed by atoms with E-state index in [1.807, 2.05) is 24.3 Å². The summed E-state index contributed by atoms with van der Waals surface area (Å²) < 4.78 is 0. The van der Waals surface area contributed by atoms with E-state index >= 15 is 0 Å². The molecular formula is C15H16ClNO2. The molecule has 0 radical (unpaired) electrons. The topological polar surface area (TPSA) is 40.5 Å². The molecule has 0 aromatic heterocycles. The Bertz CT molecular complexity index is 625. The quantitative estimate of drug-likeness (QED) is 0.751. The van der Waals surface area contributed by atoms with Crippen molar-refractivity contribution < 1.29 is 9.90 Å². The average molecular weight is 278 g/mol. The second kappa shape index (κ2) is 5.49. The van der Waals surface area contributed by atoms with Crippen LogP contribution < -0.4 is 4.90 Å². The van der Waals surface area contributed by atoms with Gasteiger partial charge in [-0.05, 0) is 17.4 Å². The van der Waals surface area contributed by atoms with Gasteiger partial charge >= 0.3 is 0 Å². The Labute approximate surface area is 117 Å². The second-order valence-electron chi connectivity index (χ2n) is 4.36. The van der Waals surface area contributed by atoms with E-state index < -0.39 is 0 Å². The number of halogens is 1. The van der Waals surface area contributed by atoms with Crippen molar-refractivity contribution in [2.75, 3.05) is 17.8 Å². The van der Waals surface area contributed by atoms with Crippen molar-refractivity contribution in [1.82, 2.24) is 0 Å². The van der Waals surface area contributed by atoms with Gasteiger partial charge in [0.25, 0.3) is 0 Å². The van der Waals surface area contributed by atoms with Crippen molar-refractivity contribution in [2.45, 2.75) is 13.3 Å². The molecule has 0 unspecified atom stereocenters. The number of fused-ring (bicyclic) bond motifs is 3. The largest absolute Gasteiger partial charge is 0.507 e. The molecule has 1 aliphatic heterocycles. The Morgan fingerprint density at radius 2 is 1.89 bits per heavy atom. The van der Waals surface area contributed by atoms with Crippen LogP contribution in [0.2, 0.25) is 0 Å². The van der Waals surface area contributed by atoms with Crippen molar-refractivity contribution in [3.8, 4) is 5.75 Å². The summed E-state index contributed by atoms with van der Waals surface area (Å²) in [5, 5.41) is 11.9. The lowest BCUT2D eigenvalue weighted by Gasteiger charge is -2.15. The van der Waals surface area contributed by atoms with Crippen LogP contribution in [-0.4, -0.2) is 23.9 Å². The summed E-state index contributed by atoms with van der Waals surface area (Å²) in [4.78, 5) is 13.2. The number of carbonyl (C=O) groups is 1. The zero-order valence-electron chi connectivity index (χ0n) is 11.0. The lowest BCUT2D eigenvalue weighted by molar-refractivity contribution is -0.116. The van der Waals surface area contributed by atoms with Crippen molar-refractivity contribution in [3.63, 3.8) is 0 Å². The molecule has 2 aromatic carbocycles. The Balaban J connectivity index is 0.000000637. The standard InChI is InChI=1S/C14H13NO2.CH3Cl/c1-9(16)15-7-6-11-10-4-2-3-5-12(10)14(17)8-13(11)15;1-2/h2-5,8,17H,6-7H2,1H3;1H3. The molecule has 0 saturated heterocycles. The SMILES string of the molecule is CC(=O)N1CCc2c1cc(O)c1ccccc21.CCl. The highest BCUT2D eigenvalue weighted by molar-refractivity contribution is 6.15. The molecule has 4 heteroatoms. The third kappa shape index (κ3) is 2.26. The third-order valence-corrected chi connectivity index (χ3v) is 3.37. The number of hydrogen-bond donors (Lipinski definition) is 1. The van der Waals surface area contributed by atoms with Gasteiger partial charge in [0.05, 0.1) is 5.69 Å². The number of aromatic hydroxyl groups is 1. The third-order valence-electron chi connectivity index (χ3n) is 3.37. The van der Waals surface area contributed by atoms with E-state index in [2.05, 4.69) is 11.6 Å². The molecule has 2 aromatic rings. The number of benzene rings is 2. The Kier molecular flexibility index (Phi) is 3.96. The Morgan fingerprint density at radius 3 is 2.53 bits per heavy atom. The average Bonchev–Trinajstić information content (AvgIpc) is 2.85. The van der Waals surface area contributed by atoms with E-state index in [0.29, 0.717) is 6.54 Å². The van der Waals surface area contributed by atoms with Gasteiger partial charge in [0, 0.05) is 31.3 Å². The molecule has 19 heavy (non-hydrogen) atoms. The zero-order chi connectivity index (χ0) is 14.0. The van der Waals surface area contributed by atoms with Crippen LogP contribution in [0.5, 0.6) is 5.75 Å². The molecule has 3 rings (SSSR count). The van der Waals surface area contributed by atoms with Gasteiger partial charge in [0.2, 0.25) is 5.91 Å². The van der Waals surface area contributed by atoms with E-state index in [0.717, 1.165) is 28.4 Å². The number of phenolic OH excluding ortho intramolecular Hbond substituents is 1. The van der Waals surface area contributed by atoms with Crippen LogP contribution in [0.25, 0.3) is 10.8 Å². The Morgan fingerprint density at radius 1 is 1.26 bits per heavy atom. The summed E-state index contributed by atoms with van der Waals surface area (Å²) in [5.41, 5.74) is 2.02. The van der Waals surface area contributed by atoms with E-state index in [1.54, 1.807) is 17.9 Å². The van der Waals surface area contributed by atoms with Crippen LogP contribution in [0.3, 0.4) is 0 Å². The number of hydrogen-bond acceptors (Lipinski definition) is 2. The van der Waals surface area contributed by atoms with Gasteiger partial charge in [-0.25, -0.2) is 0 Å². The summed E-state index contributed by atoms with van der Waals surface area (Å²) in [6.45, 7) is 2.26. The fourth-order valence-corrected chi connectivity index (χ4v) is 2.58. The predicted octanol–water partition coefficient (Wildman–Crippen LogP) is 3.31. The number of amides is 1. The summed E-state index contributed by atoms with van der Waals surface area (Å²) in [5.74, 6) is 0.269. The highest BCUT2D eigenvalue weighted by atomic mass is 35.5. The lowest BCUT2D eigenvalue weighted by atomic mass is 10.0. The summed E-state index contributed by atoms with van der Waals surface area (Å²) in [7, 11) is 0. The minimum atomic E-state index is 0.0263. The van der Waals surface area contributed by atoms with Gasteiger partial charge in [-0.15, -0.1) is 11.6 Å². The van der Waals surface area contributed by atoms with Crippen LogP contribution in [0.1, 0.15) is 12.5 Å². The Hall–Kier alpha value is -1.74. The van der Waals surface area contributed by atoms with Crippen molar-refractivity contribution in [3.05, 3.63) is 35.9 Å². The van der Waals surface area contributed by atoms with Crippen LogP contribution in [0.4, 0.5) is 5.69 Å². The molecule has 0 saturated carbocycles. The smallest absolute Gasteiger partial charge is 0.223 e. The molecule has 1 heterocycles. The first-order valence-corrected chi connectivity index (χ1v) is 6.83. The fourth-order valence-electron chi connectivity index (χ4n) is 2.58. The summed E-state index contributed by atoms with van der Waals surface area (Å²) in [6.07, 6.45) is 2.33. The first kappa shape index (κ1) is 13.7. The maximum Gasteiger partial charge on any atom is 0.223 e. The van der Waals surface area contributed by atoms with E-state index in [1.165, 1.54) is 6.38 Å². The maximum absolute atomic E-state index is 11.5. The summed E-state index contributed by atoms with van der Waals surface area (Å²) >= 11 is 4.64. The van der Waals surface area contributed by atoms with E-state index in [-0.39, 0.29) is 11.7 Å². The number of anilines is 1. The van der Waals surface area contributed by atoms with Crippen LogP contribution in [0, 0.1) is 0 Å². The zero-order valence-corrected chi connectivity index (χ0v) is 11.7. The van der Waals surface area contributed by atoms with Crippen LogP contribution in [0.15, 0.2) is 30.3 Å². The minimum Gasteiger partial charge on any atom is -0.507 e. The molecule has 0 spiro atoms. The van der Waals surface area contributed by atoms with Crippen LogP contribution >= 0.6 is 11.6 Å². The molecule has 1 amide bonds. The molecule has 0 atom stereocenters. The van der Waals surface area contributed by atoms with Crippen molar-refractivity contribution in [2.24, 2.45) is 0 Å². The summed E-state index contributed by atoms with van der Waals surface area (Å²) in [6, 6.07) is 9.47. The molecule has 3 nitrogen and oxygen atoms in total. The number of alkyl halides is 1. The predicted molar refractivity (Wildman–Crippen MR) is 79.1 cm³/mol. The highest BCUT2D eigenvalue weighted by Crippen LogP contribution is 2.39. The first-order valence-electron chi connectivity index (χ1n) is 6.08. The number of carbonyl (C=O) groups excluding carboxylic acids is 1. The van der Waals surface area contributed by atoms with Gasteiger partial charge in [0.15, 0.2) is 0 Å². The lowest BCUT2D eigenvalue weighted by Crippen LogP contribution is -2.25. The van der Waals surface area contributed by atoms with Gasteiger partial charge in [-0.1, -0.05) is 24.3 Å². The number of nitrogens with zero attached hydrogens (tertiary/aromatic N) is 1. The van der Waals surface area contributed by atoms with Gasteiger partial charge in [0.1, 0.15) is 5.75 Å². The molecule has 0 bridgehead atoms. The molecule has 1 aliphatic rings. The molecule has 0 fully saturated rings. The van der Waals surface area contributed by atoms with Gasteiger partial charge < -0.3 is 10.0 Å². The van der Waals surface area contributed by atoms with E-state index in [4.69, 9.17) is 0 Å². The minimum absolute atomic E-state index is 0.0263. The maximum atomic E-state index is 11.5. The molecular weight excluding hydrogens is 262 g/mol. The highest BCUT2D eigenvalue weighted by Gasteiger charge is 2.25. The molecule has 0 aliphatic carbocycles. The normalized spacial score (nSPS) is 12.9. The molecule has 1 N–H and O–H groups in total. The number of rotatable bonds is 0. The number of phenols is 1. The van der Waals surface area contributed by atoms with E-state index in [9.17, 15) is 9.90 Å². The van der Waals surface area contributed by atoms with Crippen molar-refractivity contribution >= 4 is 34.0 Å².